The monoisotopic (exact) mass is 466 g/mol. The molecule has 182 valence electrons. The van der Waals surface area contributed by atoms with Crippen molar-refractivity contribution in [2.75, 3.05) is 13.1 Å². The van der Waals surface area contributed by atoms with E-state index in [9.17, 15) is 19.5 Å². The Morgan fingerprint density at radius 2 is 1.88 bits per heavy atom. The third kappa shape index (κ3) is 5.73. The van der Waals surface area contributed by atoms with Crippen LogP contribution in [0.3, 0.4) is 0 Å². The van der Waals surface area contributed by atoms with Crippen LogP contribution in [0.5, 0.6) is 5.88 Å². The van der Waals surface area contributed by atoms with E-state index in [0.717, 1.165) is 48.3 Å². The van der Waals surface area contributed by atoms with Gasteiger partial charge in [0.2, 0.25) is 11.8 Å². The molecule has 2 N–H and O–H groups in total. The highest BCUT2D eigenvalue weighted by molar-refractivity contribution is 5.77. The highest BCUT2D eigenvalue weighted by Crippen LogP contribution is 2.23. The number of para-hydroxylation sites is 1. The number of hydrogen-bond donors (Lipinski definition) is 2. The van der Waals surface area contributed by atoms with Crippen molar-refractivity contribution in [3.8, 4) is 5.88 Å². The fourth-order valence-corrected chi connectivity index (χ4v) is 4.25. The second-order valence-electron chi connectivity index (χ2n) is 8.55. The maximum absolute atomic E-state index is 12.6. The molecule has 0 fully saturated rings. The van der Waals surface area contributed by atoms with E-state index in [-0.39, 0.29) is 17.4 Å². The molecule has 2 heterocycles. The zero-order valence-corrected chi connectivity index (χ0v) is 20.3. The van der Waals surface area contributed by atoms with Crippen LogP contribution >= 0.6 is 0 Å². The second-order valence-corrected chi connectivity index (χ2v) is 8.55. The van der Waals surface area contributed by atoms with E-state index >= 15 is 0 Å². The van der Waals surface area contributed by atoms with Crippen molar-refractivity contribution < 1.29 is 9.90 Å². The first-order valence-electron chi connectivity index (χ1n) is 12.1. The molecule has 0 aliphatic carbocycles. The molecule has 0 atom stereocenters. The third-order valence-electron chi connectivity index (χ3n) is 6.21. The van der Waals surface area contributed by atoms with Crippen LogP contribution in [0, 0.1) is 0 Å². The minimum Gasteiger partial charge on any atom is -0.494 e. The van der Waals surface area contributed by atoms with Gasteiger partial charge in [0.1, 0.15) is 5.56 Å². The number of nitrogens with zero attached hydrogens (tertiary/aromatic N) is 3. The number of benzene rings is 1. The summed E-state index contributed by atoms with van der Waals surface area (Å²) in [6.07, 6.45) is 7.09. The van der Waals surface area contributed by atoms with Gasteiger partial charge in [-0.05, 0) is 37.5 Å². The Kier molecular flexibility index (Phi) is 8.62. The first-order chi connectivity index (χ1) is 16.4. The van der Waals surface area contributed by atoms with Crippen LogP contribution in [-0.2, 0) is 11.3 Å². The standard InChI is InChI=1S/C26H34N4O4/c1-4-6-7-8-11-15-30-25(33)21(24(32)28-26(30)34)17-23-20(14-16-29(5-2)18(3)31)19-12-9-10-13-22(19)27-23/h9-10,12-13,17,33H,4-8,11,14-16H2,1-3H3,(H,28,32,34)/b23-17-. The molecule has 1 aliphatic rings. The molecule has 0 radical (unpaired) electrons. The predicted octanol–water partition coefficient (Wildman–Crippen LogP) is 2.30. The summed E-state index contributed by atoms with van der Waals surface area (Å²) in [5.41, 5.74) is 0.190. The van der Waals surface area contributed by atoms with Crippen molar-refractivity contribution in [1.29, 1.82) is 0 Å². The fourth-order valence-electron chi connectivity index (χ4n) is 4.25. The largest absolute Gasteiger partial charge is 0.494 e. The van der Waals surface area contributed by atoms with E-state index in [0.29, 0.717) is 31.8 Å². The number of carbonyl (C=O) groups is 1. The molecule has 0 spiro atoms. The number of H-pyrrole nitrogens is 1. The summed E-state index contributed by atoms with van der Waals surface area (Å²) in [7, 11) is 0. The second kappa shape index (κ2) is 11.6. The lowest BCUT2D eigenvalue weighted by atomic mass is 10.1. The minimum absolute atomic E-state index is 0.00282. The van der Waals surface area contributed by atoms with Crippen LogP contribution in [0.25, 0.3) is 11.6 Å². The lowest BCUT2D eigenvalue weighted by molar-refractivity contribution is -0.128. The number of amides is 1. The molecule has 1 aromatic heterocycles. The van der Waals surface area contributed by atoms with E-state index in [4.69, 9.17) is 0 Å². The molecule has 0 bridgehead atoms. The zero-order valence-electron chi connectivity index (χ0n) is 20.3. The molecule has 0 saturated carbocycles. The summed E-state index contributed by atoms with van der Waals surface area (Å²) >= 11 is 0. The summed E-state index contributed by atoms with van der Waals surface area (Å²) in [5, 5.41) is 12.6. The van der Waals surface area contributed by atoms with E-state index in [1.807, 2.05) is 31.2 Å². The summed E-state index contributed by atoms with van der Waals surface area (Å²) in [6, 6.07) is 7.66. The van der Waals surface area contributed by atoms with Gasteiger partial charge in [-0.15, -0.1) is 0 Å². The minimum atomic E-state index is -0.651. The normalized spacial score (nSPS) is 13.7. The maximum Gasteiger partial charge on any atom is 0.331 e. The van der Waals surface area contributed by atoms with E-state index < -0.39 is 11.2 Å². The number of hydrogen-bond acceptors (Lipinski definition) is 5. The van der Waals surface area contributed by atoms with Crippen molar-refractivity contribution >= 4 is 17.6 Å². The summed E-state index contributed by atoms with van der Waals surface area (Å²) in [4.78, 5) is 45.6. The van der Waals surface area contributed by atoms with Gasteiger partial charge in [-0.2, -0.15) is 0 Å². The summed E-state index contributed by atoms with van der Waals surface area (Å²) in [5.74, 6) is -0.349. The van der Waals surface area contributed by atoms with E-state index in [2.05, 4.69) is 16.9 Å². The highest BCUT2D eigenvalue weighted by atomic mass is 16.3. The van der Waals surface area contributed by atoms with Crippen LogP contribution < -0.4 is 21.8 Å². The number of allylic oxidation sites excluding steroid dienone is 1. The molecule has 8 nitrogen and oxygen atoms in total. The quantitative estimate of drug-likeness (QED) is 0.496. The molecule has 8 heteroatoms. The Labute approximate surface area is 199 Å². The van der Waals surface area contributed by atoms with Crippen LogP contribution in [0.1, 0.15) is 64.9 Å². The lowest BCUT2D eigenvalue weighted by Crippen LogP contribution is -2.31. The number of carbonyl (C=O) groups excluding carboxylic acids is 1. The third-order valence-corrected chi connectivity index (χ3v) is 6.21. The van der Waals surface area contributed by atoms with Gasteiger partial charge in [-0.25, -0.2) is 9.79 Å². The van der Waals surface area contributed by atoms with Gasteiger partial charge in [0.25, 0.3) is 5.56 Å². The van der Waals surface area contributed by atoms with E-state index in [1.54, 1.807) is 17.9 Å². The lowest BCUT2D eigenvalue weighted by Gasteiger charge is -2.19. The van der Waals surface area contributed by atoms with Crippen molar-refractivity contribution in [3.05, 3.63) is 66.9 Å². The smallest absolute Gasteiger partial charge is 0.331 e. The Morgan fingerprint density at radius 3 is 2.59 bits per heavy atom. The molecular weight excluding hydrogens is 432 g/mol. The SMILES string of the molecule is CCCCCCCn1c(O)c(/C=C2\N=c3ccccc3=C2CCN(CC)C(C)=O)c(=O)[nH]c1=O. The number of fused-ring (bicyclic) bond motifs is 1. The van der Waals surface area contributed by atoms with Gasteiger partial charge < -0.3 is 10.0 Å². The van der Waals surface area contributed by atoms with Gasteiger partial charge >= 0.3 is 5.69 Å². The average Bonchev–Trinajstić information content (AvgIpc) is 3.15. The molecule has 2 aromatic rings. The van der Waals surface area contributed by atoms with E-state index in [1.165, 1.54) is 4.57 Å². The number of aromatic nitrogens is 2. The van der Waals surface area contributed by atoms with Gasteiger partial charge in [0, 0.05) is 31.8 Å². The number of unbranched alkanes of at least 4 members (excludes halogenated alkanes) is 4. The molecular formula is C26H34N4O4. The molecule has 1 aliphatic heterocycles. The van der Waals surface area contributed by atoms with Gasteiger partial charge in [0.15, 0.2) is 0 Å². The van der Waals surface area contributed by atoms with Gasteiger partial charge in [-0.3, -0.25) is 19.1 Å². The fraction of sp³-hybridized carbons (Fsp3) is 0.462. The first-order valence-corrected chi connectivity index (χ1v) is 12.1. The van der Waals surface area contributed by atoms with Gasteiger partial charge in [0.05, 0.1) is 11.1 Å². The molecule has 0 saturated heterocycles. The Hall–Kier alpha value is -3.42. The molecule has 34 heavy (non-hydrogen) atoms. The van der Waals surface area contributed by atoms with Crippen molar-refractivity contribution in [1.82, 2.24) is 14.5 Å². The van der Waals surface area contributed by atoms with Crippen molar-refractivity contribution in [2.24, 2.45) is 4.99 Å². The maximum atomic E-state index is 12.6. The molecule has 1 amide bonds. The average molecular weight is 467 g/mol. The number of aromatic amines is 1. The Morgan fingerprint density at radius 1 is 1.15 bits per heavy atom. The molecule has 3 rings (SSSR count). The zero-order chi connectivity index (χ0) is 24.7. The number of nitrogens with one attached hydrogen (secondary N) is 1. The number of aromatic hydroxyl groups is 1. The van der Waals surface area contributed by atoms with Crippen LogP contribution in [0.2, 0.25) is 0 Å². The topological polar surface area (TPSA) is 108 Å². The van der Waals surface area contributed by atoms with Crippen LogP contribution in [-0.4, -0.2) is 38.6 Å². The van der Waals surface area contributed by atoms with Gasteiger partial charge in [-0.1, -0.05) is 50.8 Å². The van der Waals surface area contributed by atoms with Crippen LogP contribution in [0.15, 0.2) is 44.5 Å². The summed E-state index contributed by atoms with van der Waals surface area (Å²) < 4.78 is 1.22. The Bertz CT molecular complexity index is 1300. The summed E-state index contributed by atoms with van der Waals surface area (Å²) in [6.45, 7) is 7.06. The highest BCUT2D eigenvalue weighted by Gasteiger charge is 2.19. The predicted molar refractivity (Wildman–Crippen MR) is 133 cm³/mol. The molecule has 1 aromatic carbocycles. The Balaban J connectivity index is 1.98. The van der Waals surface area contributed by atoms with Crippen molar-refractivity contribution in [2.45, 2.75) is 65.8 Å². The van der Waals surface area contributed by atoms with Crippen LogP contribution in [0.4, 0.5) is 0 Å². The number of rotatable bonds is 11. The first kappa shape index (κ1) is 25.2. The molecule has 0 unspecified atom stereocenters. The van der Waals surface area contributed by atoms with Crippen molar-refractivity contribution in [3.63, 3.8) is 0 Å².